The molecule has 0 bridgehead atoms. The van der Waals surface area contributed by atoms with Gasteiger partial charge >= 0.3 is 0 Å². The van der Waals surface area contributed by atoms with Crippen molar-refractivity contribution in [3.05, 3.63) is 181 Å². The van der Waals surface area contributed by atoms with Crippen LogP contribution in [0.2, 0.25) is 0 Å². The van der Waals surface area contributed by atoms with Crippen LogP contribution in [-0.2, 0) is 0 Å². The Bertz CT molecular complexity index is 2750. The number of aromatic nitrogens is 3. The van der Waals surface area contributed by atoms with Crippen molar-refractivity contribution in [2.45, 2.75) is 0 Å². The van der Waals surface area contributed by atoms with Crippen LogP contribution in [0.4, 0.5) is 5.69 Å². The third-order valence-electron chi connectivity index (χ3n) is 9.18. The minimum Gasteiger partial charge on any atom is -0.456 e. The summed E-state index contributed by atoms with van der Waals surface area (Å²) in [5.74, 6) is 1.65. The van der Waals surface area contributed by atoms with Crippen molar-refractivity contribution < 1.29 is 4.42 Å². The Kier molecular flexibility index (Phi) is 7.46. The van der Waals surface area contributed by atoms with Crippen LogP contribution in [0.25, 0.3) is 94.3 Å². The minimum atomic E-state index is 0.541. The van der Waals surface area contributed by atoms with Gasteiger partial charge in [-0.25, -0.2) is 19.8 Å². The van der Waals surface area contributed by atoms with Crippen LogP contribution in [0, 0.1) is 6.57 Å². The van der Waals surface area contributed by atoms with Crippen molar-refractivity contribution >= 4 is 27.6 Å². The molecule has 5 heteroatoms. The highest BCUT2D eigenvalue weighted by atomic mass is 16.3. The standard InChI is InChI=1S/C46H28N4O/c1-47-40-20-9-8-18-37(40)34-16-10-17-35(28-34)45-48-44(33-24-22-31(23-25-33)30-12-4-2-5-13-30)49-46(50-45)36-26-27-39-42(29-36)51-41-21-11-19-38(43(39)41)32-14-6-3-7-15-32/h2-29H. The predicted molar refractivity (Wildman–Crippen MR) is 206 cm³/mol. The van der Waals surface area contributed by atoms with Gasteiger partial charge in [-0.1, -0.05) is 146 Å². The largest absolute Gasteiger partial charge is 0.456 e. The molecule has 0 unspecified atom stereocenters. The fourth-order valence-electron chi connectivity index (χ4n) is 6.67. The highest BCUT2D eigenvalue weighted by Crippen LogP contribution is 2.39. The van der Waals surface area contributed by atoms with E-state index in [9.17, 15) is 0 Å². The Balaban J connectivity index is 1.19. The van der Waals surface area contributed by atoms with E-state index in [0.29, 0.717) is 23.2 Å². The van der Waals surface area contributed by atoms with Crippen molar-refractivity contribution in [1.29, 1.82) is 0 Å². The SMILES string of the molecule is [C-]#[N+]c1ccccc1-c1cccc(-c2nc(-c3ccc(-c4ccccc4)cc3)nc(-c3ccc4c(c3)oc3cccc(-c5ccccc5)c34)n2)c1. The molecule has 5 nitrogen and oxygen atoms in total. The van der Waals surface area contributed by atoms with Gasteiger partial charge in [0.1, 0.15) is 11.2 Å². The minimum absolute atomic E-state index is 0.541. The third-order valence-corrected chi connectivity index (χ3v) is 9.18. The normalized spacial score (nSPS) is 11.1. The molecule has 7 aromatic carbocycles. The Morgan fingerprint density at radius 2 is 0.922 bits per heavy atom. The maximum atomic E-state index is 7.70. The molecule has 51 heavy (non-hydrogen) atoms. The Morgan fingerprint density at radius 3 is 1.67 bits per heavy atom. The molecule has 2 aromatic heterocycles. The molecule has 9 aromatic rings. The van der Waals surface area contributed by atoms with E-state index in [-0.39, 0.29) is 0 Å². The summed E-state index contributed by atoms with van der Waals surface area (Å²) in [6, 6.07) is 57.0. The van der Waals surface area contributed by atoms with Crippen LogP contribution in [0.15, 0.2) is 174 Å². The van der Waals surface area contributed by atoms with Crippen molar-refractivity contribution in [3.8, 4) is 67.5 Å². The molecule has 0 N–H and O–H groups in total. The van der Waals surface area contributed by atoms with Crippen LogP contribution in [0.3, 0.4) is 0 Å². The van der Waals surface area contributed by atoms with E-state index in [4.69, 9.17) is 25.9 Å². The highest BCUT2D eigenvalue weighted by molar-refractivity contribution is 6.13. The number of hydrogen-bond acceptors (Lipinski definition) is 4. The van der Waals surface area contributed by atoms with E-state index in [1.165, 1.54) is 0 Å². The van der Waals surface area contributed by atoms with Crippen molar-refractivity contribution in [2.24, 2.45) is 0 Å². The summed E-state index contributed by atoms with van der Waals surface area (Å²) in [5, 5.41) is 2.11. The fourth-order valence-corrected chi connectivity index (χ4v) is 6.67. The second kappa shape index (κ2) is 12.7. The lowest BCUT2D eigenvalue weighted by atomic mass is 9.99. The van der Waals surface area contributed by atoms with Gasteiger partial charge in [0, 0.05) is 27.5 Å². The summed E-state index contributed by atoms with van der Waals surface area (Å²) in [4.78, 5) is 18.8. The lowest BCUT2D eigenvalue weighted by Gasteiger charge is -2.11. The predicted octanol–water partition coefficient (Wildman–Crippen LogP) is 12.3. The van der Waals surface area contributed by atoms with Gasteiger partial charge in [-0.2, -0.15) is 0 Å². The lowest BCUT2D eigenvalue weighted by molar-refractivity contribution is 0.669. The zero-order valence-corrected chi connectivity index (χ0v) is 27.4. The molecule has 0 saturated carbocycles. The zero-order chi connectivity index (χ0) is 34.1. The lowest BCUT2D eigenvalue weighted by Crippen LogP contribution is -2.00. The second-order valence-electron chi connectivity index (χ2n) is 12.3. The zero-order valence-electron chi connectivity index (χ0n) is 27.4. The number of hydrogen-bond donors (Lipinski definition) is 0. The van der Waals surface area contributed by atoms with Gasteiger partial charge in [0.15, 0.2) is 23.2 Å². The maximum Gasteiger partial charge on any atom is 0.194 e. The molecule has 9 rings (SSSR count). The fraction of sp³-hybridized carbons (Fsp3) is 0. The monoisotopic (exact) mass is 652 g/mol. The summed E-state index contributed by atoms with van der Waals surface area (Å²) in [6.45, 7) is 7.70. The smallest absolute Gasteiger partial charge is 0.194 e. The van der Waals surface area contributed by atoms with Gasteiger partial charge in [-0.05, 0) is 57.6 Å². The van der Waals surface area contributed by atoms with Gasteiger partial charge in [0.2, 0.25) is 0 Å². The molecule has 0 atom stereocenters. The Hall–Kier alpha value is -7.16. The molecular weight excluding hydrogens is 625 g/mol. The molecule has 0 aliphatic heterocycles. The Labute approximate surface area is 295 Å². The molecule has 0 saturated heterocycles. The first-order valence-corrected chi connectivity index (χ1v) is 16.7. The number of nitrogens with zero attached hydrogens (tertiary/aromatic N) is 4. The van der Waals surface area contributed by atoms with Crippen LogP contribution in [0.5, 0.6) is 0 Å². The van der Waals surface area contributed by atoms with Crippen molar-refractivity contribution in [1.82, 2.24) is 15.0 Å². The number of benzene rings is 7. The highest BCUT2D eigenvalue weighted by Gasteiger charge is 2.17. The summed E-state index contributed by atoms with van der Waals surface area (Å²) in [7, 11) is 0. The molecule has 0 aliphatic carbocycles. The van der Waals surface area contributed by atoms with Crippen LogP contribution in [0.1, 0.15) is 0 Å². The van der Waals surface area contributed by atoms with E-state index < -0.39 is 0 Å². The average molecular weight is 653 g/mol. The summed E-state index contributed by atoms with van der Waals surface area (Å²) in [6.07, 6.45) is 0. The average Bonchev–Trinajstić information content (AvgIpc) is 3.60. The van der Waals surface area contributed by atoms with Gasteiger partial charge in [0.05, 0.1) is 6.57 Å². The first kappa shape index (κ1) is 29.9. The van der Waals surface area contributed by atoms with Gasteiger partial charge in [-0.3, -0.25) is 0 Å². The molecule has 0 aliphatic rings. The molecule has 0 radical (unpaired) electrons. The van der Waals surface area contributed by atoms with Gasteiger partial charge in [0.25, 0.3) is 0 Å². The first-order valence-electron chi connectivity index (χ1n) is 16.7. The number of para-hydroxylation sites is 1. The third kappa shape index (κ3) is 5.61. The summed E-state index contributed by atoms with van der Waals surface area (Å²) < 4.78 is 6.45. The van der Waals surface area contributed by atoms with E-state index in [1.807, 2.05) is 91.0 Å². The van der Waals surface area contributed by atoms with Crippen LogP contribution < -0.4 is 0 Å². The number of furan rings is 1. The Morgan fingerprint density at radius 1 is 0.392 bits per heavy atom. The number of fused-ring (bicyclic) bond motifs is 3. The first-order chi connectivity index (χ1) is 25.2. The van der Waals surface area contributed by atoms with E-state index in [2.05, 4.69) is 83.7 Å². The van der Waals surface area contributed by atoms with Crippen LogP contribution in [-0.4, -0.2) is 15.0 Å². The summed E-state index contributed by atoms with van der Waals surface area (Å²) in [5.41, 5.74) is 11.0. The molecule has 0 spiro atoms. The van der Waals surface area contributed by atoms with Gasteiger partial charge in [-0.15, -0.1) is 0 Å². The molecule has 0 amide bonds. The topological polar surface area (TPSA) is 56.2 Å². The molecular formula is C46H28N4O. The van der Waals surface area contributed by atoms with E-state index in [1.54, 1.807) is 0 Å². The van der Waals surface area contributed by atoms with Crippen molar-refractivity contribution in [3.63, 3.8) is 0 Å². The quantitative estimate of drug-likeness (QED) is 0.168. The van der Waals surface area contributed by atoms with Crippen molar-refractivity contribution in [2.75, 3.05) is 0 Å². The number of rotatable bonds is 6. The van der Waals surface area contributed by atoms with Gasteiger partial charge < -0.3 is 4.42 Å². The molecule has 238 valence electrons. The summed E-state index contributed by atoms with van der Waals surface area (Å²) >= 11 is 0. The molecule has 0 fully saturated rings. The van der Waals surface area contributed by atoms with Crippen LogP contribution >= 0.6 is 0 Å². The second-order valence-corrected chi connectivity index (χ2v) is 12.3. The maximum absolute atomic E-state index is 7.70. The van der Waals surface area contributed by atoms with E-state index >= 15 is 0 Å². The molecule has 2 heterocycles. The van der Waals surface area contributed by atoms with E-state index in [0.717, 1.165) is 72.0 Å².